The molecule has 1 unspecified atom stereocenters. The van der Waals surface area contributed by atoms with Gasteiger partial charge in [0.15, 0.2) is 0 Å². The lowest BCUT2D eigenvalue weighted by molar-refractivity contribution is -0.192. The van der Waals surface area contributed by atoms with E-state index in [-0.39, 0.29) is 24.6 Å². The number of amides is 1. The second-order valence-electron chi connectivity index (χ2n) is 7.21. The van der Waals surface area contributed by atoms with Crippen molar-refractivity contribution in [3.8, 4) is 0 Å². The van der Waals surface area contributed by atoms with Crippen molar-refractivity contribution in [1.29, 1.82) is 0 Å². The van der Waals surface area contributed by atoms with E-state index in [2.05, 4.69) is 24.0 Å². The number of fused-ring (bicyclic) bond motifs is 1. The molecule has 1 amide bonds. The first-order chi connectivity index (χ1) is 13.5. The summed E-state index contributed by atoms with van der Waals surface area (Å²) in [5.41, 5.74) is 2.41. The average molecular weight is 418 g/mol. The summed E-state index contributed by atoms with van der Waals surface area (Å²) in [6.45, 7) is 3.84. The third kappa shape index (κ3) is 5.91. The largest absolute Gasteiger partial charge is 0.490 e. The standard InChI is InChI=1S/C17H24N2O3.C2HF3O2/c1-12-4-2-3-5-13(12)9-19-15-6-7-18(10-14(21)11-20)16(15)8-17(19)22;3-2(4,5)1(6)7/h2-5,14-16,20-21H,6-11H2,1H3;(H,6,7)/t14?,15-,16-;/m0./s1. The molecule has 0 spiro atoms. The highest BCUT2D eigenvalue weighted by Gasteiger charge is 2.46. The molecule has 3 N–H and O–H groups in total. The number of benzene rings is 1. The molecule has 0 aromatic heterocycles. The number of aliphatic hydroxyl groups excluding tert-OH is 2. The van der Waals surface area contributed by atoms with Gasteiger partial charge in [-0.25, -0.2) is 4.79 Å². The Balaban J connectivity index is 0.000000370. The van der Waals surface area contributed by atoms with Gasteiger partial charge in [-0.15, -0.1) is 0 Å². The summed E-state index contributed by atoms with van der Waals surface area (Å²) in [6, 6.07) is 8.60. The van der Waals surface area contributed by atoms with Crippen LogP contribution in [0.1, 0.15) is 24.0 Å². The van der Waals surface area contributed by atoms with Gasteiger partial charge in [0, 0.05) is 38.1 Å². The van der Waals surface area contributed by atoms with Crippen LogP contribution in [0.5, 0.6) is 0 Å². The number of carbonyl (C=O) groups is 2. The summed E-state index contributed by atoms with van der Waals surface area (Å²) in [5.74, 6) is -2.56. The van der Waals surface area contributed by atoms with Gasteiger partial charge in [0.1, 0.15) is 0 Å². The van der Waals surface area contributed by atoms with Crippen LogP contribution in [-0.4, -0.2) is 81.1 Å². The Morgan fingerprint density at radius 3 is 2.45 bits per heavy atom. The van der Waals surface area contributed by atoms with E-state index in [4.69, 9.17) is 15.0 Å². The molecule has 0 bridgehead atoms. The quantitative estimate of drug-likeness (QED) is 0.664. The highest BCUT2D eigenvalue weighted by molar-refractivity contribution is 5.80. The molecule has 0 radical (unpaired) electrons. The first-order valence-electron chi connectivity index (χ1n) is 9.21. The number of likely N-dealkylation sites (tertiary alicyclic amines) is 2. The Bertz CT molecular complexity index is 728. The van der Waals surface area contributed by atoms with E-state index < -0.39 is 18.2 Å². The Morgan fingerprint density at radius 1 is 1.28 bits per heavy atom. The number of carboxylic acids is 1. The van der Waals surface area contributed by atoms with Gasteiger partial charge >= 0.3 is 12.1 Å². The Morgan fingerprint density at radius 2 is 1.90 bits per heavy atom. The van der Waals surface area contributed by atoms with Gasteiger partial charge in [-0.05, 0) is 24.5 Å². The van der Waals surface area contributed by atoms with E-state index in [0.717, 1.165) is 13.0 Å². The van der Waals surface area contributed by atoms with Crippen LogP contribution < -0.4 is 0 Å². The van der Waals surface area contributed by atoms with Crippen LogP contribution in [0.25, 0.3) is 0 Å². The molecule has 10 heteroatoms. The highest BCUT2D eigenvalue weighted by atomic mass is 19.4. The predicted octanol–water partition coefficient (Wildman–Crippen LogP) is 1.16. The van der Waals surface area contributed by atoms with Crippen LogP contribution in [0, 0.1) is 6.92 Å². The molecular formula is C19H25F3N2O5. The van der Waals surface area contributed by atoms with Gasteiger partial charge in [-0.3, -0.25) is 9.69 Å². The van der Waals surface area contributed by atoms with Crippen molar-refractivity contribution in [2.75, 3.05) is 19.7 Å². The average Bonchev–Trinajstić information content (AvgIpc) is 3.16. The number of aliphatic hydroxyl groups is 2. The van der Waals surface area contributed by atoms with Crippen LogP contribution in [-0.2, 0) is 16.1 Å². The molecule has 2 aliphatic heterocycles. The summed E-state index contributed by atoms with van der Waals surface area (Å²) in [7, 11) is 0. The van der Waals surface area contributed by atoms with Crippen LogP contribution in [0.4, 0.5) is 13.2 Å². The van der Waals surface area contributed by atoms with Crippen molar-refractivity contribution in [2.24, 2.45) is 0 Å². The fraction of sp³-hybridized carbons (Fsp3) is 0.579. The number of alkyl halides is 3. The molecule has 29 heavy (non-hydrogen) atoms. The lowest BCUT2D eigenvalue weighted by atomic mass is 10.1. The van der Waals surface area contributed by atoms with Crippen molar-refractivity contribution >= 4 is 11.9 Å². The third-order valence-corrected chi connectivity index (χ3v) is 5.23. The molecular weight excluding hydrogens is 393 g/mol. The van der Waals surface area contributed by atoms with Crippen molar-refractivity contribution < 1.29 is 38.1 Å². The summed E-state index contributed by atoms with van der Waals surface area (Å²) in [4.78, 5) is 25.4. The summed E-state index contributed by atoms with van der Waals surface area (Å²) in [5, 5.41) is 25.8. The number of hydrogen-bond donors (Lipinski definition) is 3. The Kier molecular flexibility index (Phi) is 7.61. The number of β-amino-alcohol motifs (C(OH)–C–C–N with tert-alkyl or cyclic N) is 1. The van der Waals surface area contributed by atoms with Crippen molar-refractivity contribution in [3.63, 3.8) is 0 Å². The first-order valence-corrected chi connectivity index (χ1v) is 9.21. The smallest absolute Gasteiger partial charge is 0.475 e. The number of hydrogen-bond acceptors (Lipinski definition) is 5. The van der Waals surface area contributed by atoms with Crippen molar-refractivity contribution in [2.45, 2.75) is 50.7 Å². The third-order valence-electron chi connectivity index (χ3n) is 5.23. The highest BCUT2D eigenvalue weighted by Crippen LogP contribution is 2.33. The molecule has 1 aromatic rings. The summed E-state index contributed by atoms with van der Waals surface area (Å²) >= 11 is 0. The van der Waals surface area contributed by atoms with E-state index in [1.807, 2.05) is 17.0 Å². The van der Waals surface area contributed by atoms with E-state index in [9.17, 15) is 23.1 Å². The van der Waals surface area contributed by atoms with Crippen LogP contribution in [0.15, 0.2) is 24.3 Å². The van der Waals surface area contributed by atoms with E-state index >= 15 is 0 Å². The minimum Gasteiger partial charge on any atom is -0.475 e. The molecule has 2 saturated heterocycles. The number of nitrogens with zero attached hydrogens (tertiary/aromatic N) is 2. The monoisotopic (exact) mass is 418 g/mol. The second-order valence-corrected chi connectivity index (χ2v) is 7.21. The maximum atomic E-state index is 12.4. The topological polar surface area (TPSA) is 101 Å². The van der Waals surface area contributed by atoms with Crippen LogP contribution in [0.3, 0.4) is 0 Å². The number of aliphatic carboxylic acids is 1. The van der Waals surface area contributed by atoms with E-state index in [0.29, 0.717) is 19.5 Å². The molecule has 1 aromatic carbocycles. The molecule has 162 valence electrons. The van der Waals surface area contributed by atoms with Gasteiger partial charge in [0.2, 0.25) is 5.91 Å². The lowest BCUT2D eigenvalue weighted by Crippen LogP contribution is -2.40. The van der Waals surface area contributed by atoms with Gasteiger partial charge in [-0.1, -0.05) is 24.3 Å². The number of carboxylic acid groups (broad SMARTS) is 1. The molecule has 2 fully saturated rings. The SMILES string of the molecule is Cc1ccccc1CN1C(=O)C[C@H]2[C@@H]1CCN2CC(O)CO.O=C(O)C(F)(F)F. The Hall–Kier alpha value is -2.17. The van der Waals surface area contributed by atoms with Crippen LogP contribution >= 0.6 is 0 Å². The maximum absolute atomic E-state index is 12.4. The zero-order chi connectivity index (χ0) is 21.8. The molecule has 2 aliphatic rings. The van der Waals surface area contributed by atoms with E-state index in [1.165, 1.54) is 11.1 Å². The minimum atomic E-state index is -5.08. The molecule has 7 nitrogen and oxygen atoms in total. The molecule has 0 saturated carbocycles. The van der Waals surface area contributed by atoms with Crippen molar-refractivity contribution in [1.82, 2.24) is 9.80 Å². The zero-order valence-corrected chi connectivity index (χ0v) is 16.0. The molecule has 3 rings (SSSR count). The first kappa shape index (κ1) is 23.1. The van der Waals surface area contributed by atoms with Crippen molar-refractivity contribution in [3.05, 3.63) is 35.4 Å². The molecule has 0 aliphatic carbocycles. The second kappa shape index (κ2) is 9.55. The molecule has 2 heterocycles. The summed E-state index contributed by atoms with van der Waals surface area (Å²) < 4.78 is 31.7. The fourth-order valence-electron chi connectivity index (χ4n) is 3.74. The number of halogens is 3. The van der Waals surface area contributed by atoms with Gasteiger partial charge < -0.3 is 20.2 Å². The number of carbonyl (C=O) groups excluding carboxylic acids is 1. The molecule has 3 atom stereocenters. The Labute approximate surface area is 166 Å². The fourth-order valence-corrected chi connectivity index (χ4v) is 3.74. The van der Waals surface area contributed by atoms with E-state index in [1.54, 1.807) is 0 Å². The van der Waals surface area contributed by atoms with Crippen LogP contribution in [0.2, 0.25) is 0 Å². The van der Waals surface area contributed by atoms with Gasteiger partial charge in [0.25, 0.3) is 0 Å². The normalized spacial score (nSPS) is 22.8. The minimum absolute atomic E-state index is 0.178. The number of aryl methyl sites for hydroxylation is 1. The predicted molar refractivity (Wildman–Crippen MR) is 96.9 cm³/mol. The lowest BCUT2D eigenvalue weighted by Gasteiger charge is -2.26. The number of rotatable bonds is 5. The maximum Gasteiger partial charge on any atom is 0.490 e. The van der Waals surface area contributed by atoms with Gasteiger partial charge in [-0.2, -0.15) is 13.2 Å². The van der Waals surface area contributed by atoms with Gasteiger partial charge in [0.05, 0.1) is 12.7 Å². The summed E-state index contributed by atoms with van der Waals surface area (Å²) in [6.07, 6.45) is -4.34. The zero-order valence-electron chi connectivity index (χ0n) is 16.0.